The molecule has 3 rings (SSSR count). The van der Waals surface area contributed by atoms with Gasteiger partial charge >= 0.3 is 0 Å². The Morgan fingerprint density at radius 3 is 2.78 bits per heavy atom. The average molecular weight is 321 g/mol. The standard InChI is InChI=1S/C14H19N5O4/c1-18(2)7-17-12-8-3-4-19(13(8)16-6-15-12)14-11(22)10(21)9(5-20)23-14/h3-4,6-7,9-11,14,20-22H,5H2,1-2H3. The molecule has 1 fully saturated rings. The van der Waals surface area contributed by atoms with Gasteiger partial charge in [-0.2, -0.15) is 0 Å². The summed E-state index contributed by atoms with van der Waals surface area (Å²) in [5, 5.41) is 29.9. The van der Waals surface area contributed by atoms with E-state index >= 15 is 0 Å². The van der Waals surface area contributed by atoms with Crippen LogP contribution in [0.4, 0.5) is 5.82 Å². The van der Waals surface area contributed by atoms with Crippen LogP contribution in [0.25, 0.3) is 11.0 Å². The van der Waals surface area contributed by atoms with Crippen LogP contribution in [-0.4, -0.2) is 80.1 Å². The molecule has 2 aromatic rings. The molecular formula is C14H19N5O4. The van der Waals surface area contributed by atoms with Crippen LogP contribution in [0, 0.1) is 0 Å². The predicted octanol–water partition coefficient (Wildman–Crippen LogP) is -0.736. The summed E-state index contributed by atoms with van der Waals surface area (Å²) in [7, 11) is 3.71. The zero-order valence-corrected chi connectivity index (χ0v) is 12.8. The number of nitrogens with zero attached hydrogens (tertiary/aromatic N) is 5. The SMILES string of the molecule is CN(C)C=Nc1ncnc2c1ccn2C1OC(CO)C(O)C1O. The van der Waals surface area contributed by atoms with Gasteiger partial charge in [0.2, 0.25) is 0 Å². The molecule has 1 saturated heterocycles. The summed E-state index contributed by atoms with van der Waals surface area (Å²) in [6.45, 7) is -0.374. The lowest BCUT2D eigenvalue weighted by atomic mass is 10.1. The molecule has 0 aliphatic carbocycles. The third kappa shape index (κ3) is 2.79. The Bertz CT molecular complexity index is 716. The van der Waals surface area contributed by atoms with Crippen molar-refractivity contribution in [2.45, 2.75) is 24.5 Å². The maximum atomic E-state index is 10.1. The van der Waals surface area contributed by atoms with E-state index in [1.807, 2.05) is 14.1 Å². The van der Waals surface area contributed by atoms with Crippen molar-refractivity contribution in [2.75, 3.05) is 20.7 Å². The number of aromatic nitrogens is 3. The molecule has 0 spiro atoms. The monoisotopic (exact) mass is 321 g/mol. The lowest BCUT2D eigenvalue weighted by Gasteiger charge is -2.17. The van der Waals surface area contributed by atoms with Crippen LogP contribution in [0.1, 0.15) is 6.23 Å². The smallest absolute Gasteiger partial charge is 0.166 e. The van der Waals surface area contributed by atoms with E-state index in [9.17, 15) is 15.3 Å². The van der Waals surface area contributed by atoms with E-state index in [0.29, 0.717) is 16.9 Å². The lowest BCUT2D eigenvalue weighted by molar-refractivity contribution is -0.0508. The molecule has 0 amide bonds. The Morgan fingerprint density at radius 2 is 2.13 bits per heavy atom. The zero-order chi connectivity index (χ0) is 16.6. The fraction of sp³-hybridized carbons (Fsp3) is 0.500. The molecule has 0 radical (unpaired) electrons. The highest BCUT2D eigenvalue weighted by Gasteiger charge is 2.43. The number of ether oxygens (including phenoxy) is 1. The molecule has 9 nitrogen and oxygen atoms in total. The van der Waals surface area contributed by atoms with Gasteiger partial charge in [0.15, 0.2) is 12.0 Å². The summed E-state index contributed by atoms with van der Waals surface area (Å²) >= 11 is 0. The molecule has 4 atom stereocenters. The Morgan fingerprint density at radius 1 is 1.35 bits per heavy atom. The second kappa shape index (κ2) is 6.20. The first-order valence-electron chi connectivity index (χ1n) is 7.17. The number of aliphatic imine (C=N–C) groups is 1. The van der Waals surface area contributed by atoms with Crippen molar-refractivity contribution in [2.24, 2.45) is 4.99 Å². The molecule has 0 bridgehead atoms. The van der Waals surface area contributed by atoms with Crippen LogP contribution in [0.15, 0.2) is 23.6 Å². The highest BCUT2D eigenvalue weighted by atomic mass is 16.6. The Kier molecular flexibility index (Phi) is 4.26. The fourth-order valence-electron chi connectivity index (χ4n) is 2.55. The molecule has 124 valence electrons. The topological polar surface area (TPSA) is 116 Å². The van der Waals surface area contributed by atoms with Crippen molar-refractivity contribution < 1.29 is 20.1 Å². The molecule has 23 heavy (non-hydrogen) atoms. The minimum absolute atomic E-state index is 0.374. The van der Waals surface area contributed by atoms with Gasteiger partial charge in [0.1, 0.15) is 30.3 Å². The van der Waals surface area contributed by atoms with Gasteiger partial charge in [-0.1, -0.05) is 0 Å². The number of rotatable bonds is 4. The molecule has 3 heterocycles. The Labute approximate surface area is 132 Å². The van der Waals surface area contributed by atoms with Crippen LogP contribution < -0.4 is 0 Å². The van der Waals surface area contributed by atoms with E-state index in [2.05, 4.69) is 15.0 Å². The Balaban J connectivity index is 1.99. The summed E-state index contributed by atoms with van der Waals surface area (Å²) in [4.78, 5) is 14.4. The second-order valence-corrected chi connectivity index (χ2v) is 5.59. The van der Waals surface area contributed by atoms with Crippen molar-refractivity contribution >= 4 is 23.2 Å². The first-order valence-corrected chi connectivity index (χ1v) is 7.17. The number of hydrogen-bond acceptors (Lipinski definition) is 7. The minimum Gasteiger partial charge on any atom is -0.394 e. The molecular weight excluding hydrogens is 302 g/mol. The van der Waals surface area contributed by atoms with E-state index in [0.717, 1.165) is 0 Å². The van der Waals surface area contributed by atoms with Crippen molar-refractivity contribution in [1.29, 1.82) is 0 Å². The number of aliphatic hydroxyl groups is 3. The molecule has 0 aromatic carbocycles. The quantitative estimate of drug-likeness (QED) is 0.502. The van der Waals surface area contributed by atoms with E-state index in [1.54, 1.807) is 28.1 Å². The summed E-state index contributed by atoms with van der Waals surface area (Å²) in [5.41, 5.74) is 0.528. The van der Waals surface area contributed by atoms with Crippen molar-refractivity contribution in [3.63, 3.8) is 0 Å². The van der Waals surface area contributed by atoms with Crippen LogP contribution in [-0.2, 0) is 4.74 Å². The van der Waals surface area contributed by atoms with Gasteiger partial charge in [-0.05, 0) is 6.07 Å². The predicted molar refractivity (Wildman–Crippen MR) is 82.4 cm³/mol. The first-order chi connectivity index (χ1) is 11.0. The zero-order valence-electron chi connectivity index (χ0n) is 12.8. The van der Waals surface area contributed by atoms with Crippen LogP contribution >= 0.6 is 0 Å². The molecule has 4 unspecified atom stereocenters. The number of aliphatic hydroxyl groups excluding tert-OH is 3. The number of fused-ring (bicyclic) bond motifs is 1. The number of hydrogen-bond donors (Lipinski definition) is 3. The summed E-state index contributed by atoms with van der Waals surface area (Å²) < 4.78 is 7.14. The van der Waals surface area contributed by atoms with Gasteiger partial charge in [0.05, 0.1) is 18.3 Å². The van der Waals surface area contributed by atoms with Crippen LogP contribution in [0.2, 0.25) is 0 Å². The average Bonchev–Trinajstić information content (AvgIpc) is 3.08. The Hall–Kier alpha value is -2.07. The maximum Gasteiger partial charge on any atom is 0.166 e. The van der Waals surface area contributed by atoms with E-state index < -0.39 is 24.5 Å². The third-order valence-electron chi connectivity index (χ3n) is 3.69. The van der Waals surface area contributed by atoms with Crippen molar-refractivity contribution in [1.82, 2.24) is 19.4 Å². The van der Waals surface area contributed by atoms with Gasteiger partial charge in [-0.25, -0.2) is 15.0 Å². The molecule has 1 aliphatic heterocycles. The summed E-state index contributed by atoms with van der Waals surface area (Å²) in [6.07, 6.45) is 0.713. The molecule has 9 heteroatoms. The normalized spacial score (nSPS) is 28.0. The first kappa shape index (κ1) is 15.8. The van der Waals surface area contributed by atoms with Crippen molar-refractivity contribution in [3.8, 4) is 0 Å². The van der Waals surface area contributed by atoms with E-state index in [-0.39, 0.29) is 6.61 Å². The third-order valence-corrected chi connectivity index (χ3v) is 3.69. The summed E-state index contributed by atoms with van der Waals surface area (Å²) in [5.74, 6) is 0.495. The highest BCUT2D eigenvalue weighted by molar-refractivity contribution is 5.87. The molecule has 2 aromatic heterocycles. The highest BCUT2D eigenvalue weighted by Crippen LogP contribution is 2.33. The minimum atomic E-state index is -1.16. The fourth-order valence-corrected chi connectivity index (χ4v) is 2.55. The lowest BCUT2D eigenvalue weighted by Crippen LogP contribution is -2.33. The largest absolute Gasteiger partial charge is 0.394 e. The maximum absolute atomic E-state index is 10.1. The molecule has 1 aliphatic rings. The van der Waals surface area contributed by atoms with Gasteiger partial charge in [0, 0.05) is 20.3 Å². The van der Waals surface area contributed by atoms with Crippen LogP contribution in [0.5, 0.6) is 0 Å². The van der Waals surface area contributed by atoms with Crippen molar-refractivity contribution in [3.05, 3.63) is 18.6 Å². The van der Waals surface area contributed by atoms with Gasteiger partial charge in [0.25, 0.3) is 0 Å². The van der Waals surface area contributed by atoms with Crippen LogP contribution in [0.3, 0.4) is 0 Å². The van der Waals surface area contributed by atoms with Gasteiger partial charge in [-0.3, -0.25) is 0 Å². The molecule has 0 saturated carbocycles. The second-order valence-electron chi connectivity index (χ2n) is 5.59. The van der Waals surface area contributed by atoms with Gasteiger partial charge < -0.3 is 29.5 Å². The molecule has 3 N–H and O–H groups in total. The summed E-state index contributed by atoms with van der Waals surface area (Å²) in [6, 6.07) is 1.77. The van der Waals surface area contributed by atoms with E-state index in [1.165, 1.54) is 6.33 Å². The van der Waals surface area contributed by atoms with Gasteiger partial charge in [-0.15, -0.1) is 0 Å². The van der Waals surface area contributed by atoms with E-state index in [4.69, 9.17) is 4.74 Å².